The van der Waals surface area contributed by atoms with Crippen LogP contribution in [0.1, 0.15) is 22.8 Å². The largest absolute Gasteiger partial charge is 0.454 e. The van der Waals surface area contributed by atoms with Crippen molar-refractivity contribution in [3.05, 3.63) is 52.5 Å². The number of Topliss-reactive ketones (excluding diaryl/α,β-unsaturated/α-hetero) is 1. The van der Waals surface area contributed by atoms with E-state index in [2.05, 4.69) is 0 Å². The number of rotatable bonds is 3. The topological polar surface area (TPSA) is 52.3 Å². The van der Waals surface area contributed by atoms with Gasteiger partial charge in [0.1, 0.15) is 11.5 Å². The molecule has 2 rings (SSSR count). The highest BCUT2D eigenvalue weighted by atomic mass is 35.5. The minimum Gasteiger partial charge on any atom is -0.454 e. The zero-order valence-corrected chi connectivity index (χ0v) is 11.5. The molecule has 0 aliphatic carbocycles. The highest BCUT2D eigenvalue weighted by molar-refractivity contribution is 6.32. The van der Waals surface area contributed by atoms with Gasteiger partial charge >= 0.3 is 0 Å². The normalized spacial score (nSPS) is 10.3. The Balaban J connectivity index is 2.33. The molecule has 2 N–H and O–H groups in total. The molecular formula is C15H14ClNO2. The second kappa shape index (κ2) is 5.33. The number of ketones is 1. The molecule has 0 radical (unpaired) electrons. The molecular weight excluding hydrogens is 262 g/mol. The summed E-state index contributed by atoms with van der Waals surface area (Å²) < 4.78 is 5.69. The summed E-state index contributed by atoms with van der Waals surface area (Å²) in [5.41, 5.74) is 7.88. The molecule has 98 valence electrons. The van der Waals surface area contributed by atoms with E-state index in [9.17, 15) is 4.79 Å². The van der Waals surface area contributed by atoms with Crippen molar-refractivity contribution in [2.45, 2.75) is 13.8 Å². The predicted molar refractivity (Wildman–Crippen MR) is 77.1 cm³/mol. The summed E-state index contributed by atoms with van der Waals surface area (Å²) in [7, 11) is 0. The summed E-state index contributed by atoms with van der Waals surface area (Å²) in [5.74, 6) is 0.994. The fourth-order valence-corrected chi connectivity index (χ4v) is 1.82. The summed E-state index contributed by atoms with van der Waals surface area (Å²) in [6.07, 6.45) is 0. The Hall–Kier alpha value is -2.00. The van der Waals surface area contributed by atoms with Crippen LogP contribution in [0.5, 0.6) is 11.5 Å². The van der Waals surface area contributed by atoms with Crippen molar-refractivity contribution in [1.29, 1.82) is 0 Å². The molecule has 2 aromatic rings. The first-order chi connectivity index (χ1) is 8.97. The predicted octanol–water partition coefficient (Wildman–Crippen LogP) is 4.23. The number of aryl methyl sites for hydroxylation is 1. The van der Waals surface area contributed by atoms with Crippen LogP contribution in [0.15, 0.2) is 36.4 Å². The molecule has 0 atom stereocenters. The summed E-state index contributed by atoms with van der Waals surface area (Å²) >= 11 is 6.06. The van der Waals surface area contributed by atoms with E-state index in [4.69, 9.17) is 22.1 Å². The number of hydrogen-bond donors (Lipinski definition) is 1. The van der Waals surface area contributed by atoms with E-state index in [-0.39, 0.29) is 5.78 Å². The van der Waals surface area contributed by atoms with Crippen LogP contribution < -0.4 is 10.5 Å². The SMILES string of the molecule is CC(=O)c1ccc(Oc2cc(C)ccc2Cl)c(N)c1. The maximum absolute atomic E-state index is 11.2. The van der Waals surface area contributed by atoms with Crippen LogP contribution in [-0.2, 0) is 0 Å². The lowest BCUT2D eigenvalue weighted by molar-refractivity contribution is 0.101. The summed E-state index contributed by atoms with van der Waals surface area (Å²) in [6, 6.07) is 10.5. The third-order valence-corrected chi connectivity index (χ3v) is 3.04. The number of carbonyl (C=O) groups excluding carboxylic acids is 1. The van der Waals surface area contributed by atoms with Gasteiger partial charge < -0.3 is 10.5 Å². The lowest BCUT2D eigenvalue weighted by Gasteiger charge is -2.11. The first-order valence-electron chi connectivity index (χ1n) is 5.82. The maximum Gasteiger partial charge on any atom is 0.159 e. The van der Waals surface area contributed by atoms with E-state index in [0.29, 0.717) is 27.8 Å². The van der Waals surface area contributed by atoms with Gasteiger partial charge in [-0.25, -0.2) is 0 Å². The number of carbonyl (C=O) groups is 1. The Labute approximate surface area is 117 Å². The number of anilines is 1. The van der Waals surface area contributed by atoms with E-state index < -0.39 is 0 Å². The Morgan fingerprint density at radius 3 is 2.53 bits per heavy atom. The van der Waals surface area contributed by atoms with Crippen LogP contribution in [0.2, 0.25) is 5.02 Å². The van der Waals surface area contributed by atoms with Crippen molar-refractivity contribution in [1.82, 2.24) is 0 Å². The van der Waals surface area contributed by atoms with E-state index >= 15 is 0 Å². The van der Waals surface area contributed by atoms with Gasteiger partial charge in [-0.05, 0) is 49.7 Å². The quantitative estimate of drug-likeness (QED) is 0.674. The van der Waals surface area contributed by atoms with Crippen molar-refractivity contribution in [2.24, 2.45) is 0 Å². The van der Waals surface area contributed by atoms with E-state index in [1.165, 1.54) is 6.92 Å². The summed E-state index contributed by atoms with van der Waals surface area (Å²) in [6.45, 7) is 3.44. The minimum atomic E-state index is -0.0353. The molecule has 0 aliphatic heterocycles. The number of nitrogen functional groups attached to an aromatic ring is 1. The molecule has 0 saturated carbocycles. The lowest BCUT2D eigenvalue weighted by atomic mass is 10.1. The second-order valence-corrected chi connectivity index (χ2v) is 4.75. The monoisotopic (exact) mass is 275 g/mol. The molecule has 0 amide bonds. The third kappa shape index (κ3) is 3.06. The van der Waals surface area contributed by atoms with Gasteiger partial charge in [0.2, 0.25) is 0 Å². The zero-order valence-electron chi connectivity index (χ0n) is 10.7. The molecule has 0 spiro atoms. The molecule has 0 fully saturated rings. The standard InChI is InChI=1S/C15H14ClNO2/c1-9-3-5-12(16)15(7-9)19-14-6-4-11(10(2)18)8-13(14)17/h3-8H,17H2,1-2H3. The van der Waals surface area contributed by atoms with Crippen molar-refractivity contribution in [2.75, 3.05) is 5.73 Å². The van der Waals surface area contributed by atoms with Crippen LogP contribution in [0.3, 0.4) is 0 Å². The molecule has 0 heterocycles. The zero-order chi connectivity index (χ0) is 14.0. The van der Waals surface area contributed by atoms with Crippen LogP contribution in [-0.4, -0.2) is 5.78 Å². The number of ether oxygens (including phenoxy) is 1. The Bertz CT molecular complexity index is 638. The fraction of sp³-hybridized carbons (Fsp3) is 0.133. The van der Waals surface area contributed by atoms with Gasteiger partial charge in [-0.2, -0.15) is 0 Å². The summed E-state index contributed by atoms with van der Waals surface area (Å²) in [5, 5.41) is 0.514. The van der Waals surface area contributed by atoms with Gasteiger partial charge in [-0.1, -0.05) is 17.7 Å². The molecule has 4 heteroatoms. The fourth-order valence-electron chi connectivity index (χ4n) is 1.67. The molecule has 0 saturated heterocycles. The average Bonchev–Trinajstić information content (AvgIpc) is 2.36. The van der Waals surface area contributed by atoms with Gasteiger partial charge in [0, 0.05) is 5.56 Å². The maximum atomic E-state index is 11.2. The van der Waals surface area contributed by atoms with Crippen LogP contribution >= 0.6 is 11.6 Å². The Kier molecular flexibility index (Phi) is 3.76. The number of nitrogens with two attached hydrogens (primary N) is 1. The van der Waals surface area contributed by atoms with Crippen molar-refractivity contribution in [3.63, 3.8) is 0 Å². The average molecular weight is 276 g/mol. The Morgan fingerprint density at radius 2 is 1.89 bits per heavy atom. The molecule has 0 bridgehead atoms. The Morgan fingerprint density at radius 1 is 1.16 bits per heavy atom. The van der Waals surface area contributed by atoms with Gasteiger partial charge in [0.25, 0.3) is 0 Å². The minimum absolute atomic E-state index is 0.0353. The van der Waals surface area contributed by atoms with Crippen molar-refractivity contribution >= 4 is 23.1 Å². The van der Waals surface area contributed by atoms with E-state index in [1.54, 1.807) is 24.3 Å². The van der Waals surface area contributed by atoms with E-state index in [0.717, 1.165) is 5.56 Å². The number of benzene rings is 2. The number of hydrogen-bond acceptors (Lipinski definition) is 3. The van der Waals surface area contributed by atoms with Gasteiger partial charge in [-0.15, -0.1) is 0 Å². The first kappa shape index (κ1) is 13.4. The van der Waals surface area contributed by atoms with E-state index in [1.807, 2.05) is 19.1 Å². The first-order valence-corrected chi connectivity index (χ1v) is 6.19. The molecule has 3 nitrogen and oxygen atoms in total. The molecule has 0 unspecified atom stereocenters. The van der Waals surface area contributed by atoms with Crippen LogP contribution in [0.4, 0.5) is 5.69 Å². The molecule has 0 aliphatic rings. The van der Waals surface area contributed by atoms with Crippen LogP contribution in [0, 0.1) is 6.92 Å². The highest BCUT2D eigenvalue weighted by Gasteiger charge is 2.08. The summed E-state index contributed by atoms with van der Waals surface area (Å²) in [4.78, 5) is 11.2. The van der Waals surface area contributed by atoms with Gasteiger partial charge in [0.15, 0.2) is 5.78 Å². The third-order valence-electron chi connectivity index (χ3n) is 2.72. The van der Waals surface area contributed by atoms with Crippen LogP contribution in [0.25, 0.3) is 0 Å². The molecule has 19 heavy (non-hydrogen) atoms. The molecule has 0 aromatic heterocycles. The van der Waals surface area contributed by atoms with Gasteiger partial charge in [0.05, 0.1) is 10.7 Å². The highest BCUT2D eigenvalue weighted by Crippen LogP contribution is 2.33. The number of halogens is 1. The smallest absolute Gasteiger partial charge is 0.159 e. The molecule has 2 aromatic carbocycles. The lowest BCUT2D eigenvalue weighted by Crippen LogP contribution is -1.97. The van der Waals surface area contributed by atoms with Crippen molar-refractivity contribution in [3.8, 4) is 11.5 Å². The second-order valence-electron chi connectivity index (χ2n) is 4.34. The van der Waals surface area contributed by atoms with Gasteiger partial charge in [-0.3, -0.25) is 4.79 Å². The van der Waals surface area contributed by atoms with Crippen molar-refractivity contribution < 1.29 is 9.53 Å².